The number of rotatable bonds is 3. The molecule has 0 aliphatic rings. The van der Waals surface area contributed by atoms with Crippen LogP contribution in [0.5, 0.6) is 5.88 Å². The lowest BCUT2D eigenvalue weighted by molar-refractivity contribution is 0.209. The van der Waals surface area contributed by atoms with Crippen LogP contribution in [-0.4, -0.2) is 27.2 Å². The van der Waals surface area contributed by atoms with Crippen molar-refractivity contribution in [1.29, 1.82) is 0 Å². The monoisotopic (exact) mass is 281 g/mol. The van der Waals surface area contributed by atoms with Gasteiger partial charge in [-0.15, -0.1) is 0 Å². The number of fused-ring (bicyclic) bond motifs is 1. The molecule has 2 aromatic heterocycles. The first kappa shape index (κ1) is 13.5. The fourth-order valence-corrected chi connectivity index (χ4v) is 2.39. The van der Waals surface area contributed by atoms with Gasteiger partial charge in [-0.1, -0.05) is 18.2 Å². The van der Waals surface area contributed by atoms with E-state index >= 15 is 0 Å². The van der Waals surface area contributed by atoms with E-state index in [1.54, 1.807) is 0 Å². The molecule has 1 N–H and O–H groups in total. The number of hydrogen-bond acceptors (Lipinski definition) is 5. The second kappa shape index (κ2) is 5.46. The maximum absolute atomic E-state index is 10.7. The molecule has 0 aliphatic carbocycles. The predicted molar refractivity (Wildman–Crippen MR) is 79.1 cm³/mol. The quantitative estimate of drug-likeness (QED) is 0.798. The molecule has 0 radical (unpaired) electrons. The molecule has 0 bridgehead atoms. The zero-order valence-electron chi connectivity index (χ0n) is 11.8. The molecule has 5 heteroatoms. The fourth-order valence-electron chi connectivity index (χ4n) is 2.39. The molecule has 0 saturated heterocycles. The maximum atomic E-state index is 10.7. The number of ether oxygens (including phenoxy) is 1. The molecule has 2 heterocycles. The third-order valence-electron chi connectivity index (χ3n) is 3.31. The molecule has 1 unspecified atom stereocenters. The summed E-state index contributed by atoms with van der Waals surface area (Å²) < 4.78 is 5.18. The number of hydrogen-bond donors (Lipinski definition) is 1. The van der Waals surface area contributed by atoms with Gasteiger partial charge in [-0.2, -0.15) is 0 Å². The first-order valence-electron chi connectivity index (χ1n) is 6.60. The number of aliphatic hydroxyl groups is 1. The minimum Gasteiger partial charge on any atom is -0.480 e. The highest BCUT2D eigenvalue weighted by Crippen LogP contribution is 2.31. The zero-order valence-corrected chi connectivity index (χ0v) is 11.8. The van der Waals surface area contributed by atoms with E-state index in [4.69, 9.17) is 4.74 Å². The van der Waals surface area contributed by atoms with E-state index < -0.39 is 6.10 Å². The van der Waals surface area contributed by atoms with Crippen LogP contribution in [0, 0.1) is 6.92 Å². The van der Waals surface area contributed by atoms with Crippen molar-refractivity contribution in [1.82, 2.24) is 15.0 Å². The molecule has 3 rings (SSSR count). The minimum atomic E-state index is -0.916. The Bertz CT molecular complexity index is 789. The molecule has 0 amide bonds. The van der Waals surface area contributed by atoms with Crippen LogP contribution in [-0.2, 0) is 0 Å². The summed E-state index contributed by atoms with van der Waals surface area (Å²) in [5, 5.41) is 11.6. The van der Waals surface area contributed by atoms with Gasteiger partial charge in [0.05, 0.1) is 12.6 Å². The second-order valence-corrected chi connectivity index (χ2v) is 4.72. The van der Waals surface area contributed by atoms with Crippen LogP contribution in [0.25, 0.3) is 10.9 Å². The van der Waals surface area contributed by atoms with Gasteiger partial charge in [0.25, 0.3) is 0 Å². The molecule has 1 aromatic carbocycles. The number of methoxy groups -OCH3 is 1. The predicted octanol–water partition coefficient (Wildman–Crippen LogP) is 2.42. The Balaban J connectivity index is 2.20. The van der Waals surface area contributed by atoms with Crippen molar-refractivity contribution in [3.05, 3.63) is 59.7 Å². The number of aryl methyl sites for hydroxylation is 1. The lowest BCUT2D eigenvalue weighted by atomic mass is 10.0. The molecule has 3 aromatic rings. The summed E-state index contributed by atoms with van der Waals surface area (Å²) in [5.41, 5.74) is 2.83. The number of nitrogens with zero attached hydrogens (tertiary/aromatic N) is 3. The number of aliphatic hydroxyl groups excluding tert-OH is 1. The van der Waals surface area contributed by atoms with Crippen molar-refractivity contribution in [3.63, 3.8) is 0 Å². The van der Waals surface area contributed by atoms with Crippen LogP contribution in [0.2, 0.25) is 0 Å². The van der Waals surface area contributed by atoms with Crippen molar-refractivity contribution >= 4 is 10.9 Å². The first-order valence-corrected chi connectivity index (χ1v) is 6.60. The largest absolute Gasteiger partial charge is 0.480 e. The number of para-hydroxylation sites is 1. The smallest absolute Gasteiger partial charge is 0.238 e. The van der Waals surface area contributed by atoms with Crippen LogP contribution in [0.4, 0.5) is 0 Å². The van der Waals surface area contributed by atoms with E-state index in [1.807, 2.05) is 37.3 Å². The fraction of sp³-hybridized carbons (Fsp3) is 0.188. The Kier molecular flexibility index (Phi) is 3.50. The summed E-state index contributed by atoms with van der Waals surface area (Å²) >= 11 is 0. The summed E-state index contributed by atoms with van der Waals surface area (Å²) in [6, 6.07) is 9.56. The molecular weight excluding hydrogens is 266 g/mol. The Labute approximate surface area is 122 Å². The molecule has 1 atom stereocenters. The number of pyridine rings is 1. The highest BCUT2D eigenvalue weighted by Gasteiger charge is 2.20. The SMILES string of the molecule is COc1nccnc1C(O)c1cc(C)nc2ccccc12. The molecule has 106 valence electrons. The zero-order chi connectivity index (χ0) is 14.8. The van der Waals surface area contributed by atoms with Crippen LogP contribution in [0.15, 0.2) is 42.7 Å². The van der Waals surface area contributed by atoms with Crippen LogP contribution in [0.3, 0.4) is 0 Å². The van der Waals surface area contributed by atoms with E-state index in [9.17, 15) is 5.11 Å². The molecule has 0 saturated carbocycles. The van der Waals surface area contributed by atoms with Gasteiger partial charge in [0.15, 0.2) is 0 Å². The molecule has 5 nitrogen and oxygen atoms in total. The summed E-state index contributed by atoms with van der Waals surface area (Å²) in [4.78, 5) is 12.8. The first-order chi connectivity index (χ1) is 10.2. The lowest BCUT2D eigenvalue weighted by Gasteiger charge is -2.15. The summed E-state index contributed by atoms with van der Waals surface area (Å²) in [5.74, 6) is 0.323. The van der Waals surface area contributed by atoms with Gasteiger partial charge in [-0.3, -0.25) is 9.97 Å². The molecule has 0 fully saturated rings. The highest BCUT2D eigenvalue weighted by molar-refractivity contribution is 5.83. The third kappa shape index (κ3) is 2.43. The molecule has 0 aliphatic heterocycles. The van der Waals surface area contributed by atoms with Gasteiger partial charge >= 0.3 is 0 Å². The van der Waals surface area contributed by atoms with Crippen LogP contribution in [0.1, 0.15) is 23.1 Å². The van der Waals surface area contributed by atoms with E-state index in [1.165, 1.54) is 19.5 Å². The third-order valence-corrected chi connectivity index (χ3v) is 3.31. The number of benzene rings is 1. The number of aromatic nitrogens is 3. The second-order valence-electron chi connectivity index (χ2n) is 4.72. The van der Waals surface area contributed by atoms with Crippen molar-refractivity contribution in [2.45, 2.75) is 13.0 Å². The van der Waals surface area contributed by atoms with Gasteiger partial charge in [-0.25, -0.2) is 4.98 Å². The van der Waals surface area contributed by atoms with Crippen LogP contribution < -0.4 is 4.74 Å². The average Bonchev–Trinajstić information content (AvgIpc) is 2.53. The van der Waals surface area contributed by atoms with Crippen molar-refractivity contribution in [3.8, 4) is 5.88 Å². The average molecular weight is 281 g/mol. The summed E-state index contributed by atoms with van der Waals surface area (Å²) in [7, 11) is 1.51. The minimum absolute atomic E-state index is 0.323. The Morgan fingerprint density at radius 1 is 1.14 bits per heavy atom. The van der Waals surface area contributed by atoms with Gasteiger partial charge in [0.2, 0.25) is 5.88 Å². The van der Waals surface area contributed by atoms with Crippen molar-refractivity contribution in [2.75, 3.05) is 7.11 Å². The Hall–Kier alpha value is -2.53. The maximum Gasteiger partial charge on any atom is 0.238 e. The van der Waals surface area contributed by atoms with E-state index in [-0.39, 0.29) is 0 Å². The normalized spacial score (nSPS) is 12.3. The Morgan fingerprint density at radius 2 is 1.90 bits per heavy atom. The van der Waals surface area contributed by atoms with Gasteiger partial charge in [0.1, 0.15) is 11.8 Å². The van der Waals surface area contributed by atoms with E-state index in [0.29, 0.717) is 11.6 Å². The van der Waals surface area contributed by atoms with Gasteiger partial charge in [-0.05, 0) is 24.6 Å². The molecular formula is C16H15N3O2. The summed E-state index contributed by atoms with van der Waals surface area (Å²) in [6.07, 6.45) is 2.16. The van der Waals surface area contributed by atoms with E-state index in [0.717, 1.165) is 22.2 Å². The highest BCUT2D eigenvalue weighted by atomic mass is 16.5. The summed E-state index contributed by atoms with van der Waals surface area (Å²) in [6.45, 7) is 1.90. The molecule has 21 heavy (non-hydrogen) atoms. The topological polar surface area (TPSA) is 68.1 Å². The lowest BCUT2D eigenvalue weighted by Crippen LogP contribution is -2.07. The van der Waals surface area contributed by atoms with Crippen molar-refractivity contribution in [2.24, 2.45) is 0 Å². The standard InChI is InChI=1S/C16H15N3O2/c1-10-9-12(11-5-3-4-6-13(11)19-10)15(20)14-16(21-2)18-8-7-17-14/h3-9,15,20H,1-2H3. The van der Waals surface area contributed by atoms with E-state index in [2.05, 4.69) is 15.0 Å². The van der Waals surface area contributed by atoms with Gasteiger partial charge < -0.3 is 9.84 Å². The molecule has 0 spiro atoms. The Morgan fingerprint density at radius 3 is 2.71 bits per heavy atom. The van der Waals surface area contributed by atoms with Crippen molar-refractivity contribution < 1.29 is 9.84 Å². The van der Waals surface area contributed by atoms with Gasteiger partial charge in [0, 0.05) is 23.5 Å². The van der Waals surface area contributed by atoms with Crippen LogP contribution >= 0.6 is 0 Å².